The molecule has 3 heteroatoms. The lowest BCUT2D eigenvalue weighted by Crippen LogP contribution is -2.39. The number of carbonyl (C=O) groups is 1. The van der Waals surface area contributed by atoms with E-state index in [1.165, 1.54) is 6.42 Å². The summed E-state index contributed by atoms with van der Waals surface area (Å²) in [5, 5.41) is 12.3. The van der Waals surface area contributed by atoms with Crippen molar-refractivity contribution in [3.63, 3.8) is 0 Å². The van der Waals surface area contributed by atoms with Crippen molar-refractivity contribution in [3.05, 3.63) is 0 Å². The van der Waals surface area contributed by atoms with Gasteiger partial charge in [-0.2, -0.15) is 0 Å². The van der Waals surface area contributed by atoms with Crippen LogP contribution in [0.5, 0.6) is 0 Å². The molecule has 0 aromatic carbocycles. The molecule has 1 rings (SSSR count). The van der Waals surface area contributed by atoms with E-state index in [4.69, 9.17) is 0 Å². The molecular weight excluding hydrogens is 178 g/mol. The van der Waals surface area contributed by atoms with Gasteiger partial charge in [0.05, 0.1) is 0 Å². The van der Waals surface area contributed by atoms with Gasteiger partial charge >= 0.3 is 0 Å². The van der Waals surface area contributed by atoms with Crippen LogP contribution in [-0.2, 0) is 4.79 Å². The first-order valence-corrected chi connectivity index (χ1v) is 5.51. The van der Waals surface area contributed by atoms with Gasteiger partial charge < -0.3 is 9.90 Å². The third kappa shape index (κ3) is 4.20. The number of aliphatic hydroxyl groups excluding tert-OH is 1. The molecule has 0 aromatic heterocycles. The first kappa shape index (κ1) is 11.7. The van der Waals surface area contributed by atoms with E-state index in [9.17, 15) is 9.90 Å². The molecule has 0 heterocycles. The summed E-state index contributed by atoms with van der Waals surface area (Å²) in [6.07, 6.45) is 4.76. The maximum atomic E-state index is 11.0. The van der Waals surface area contributed by atoms with Gasteiger partial charge in [0.1, 0.15) is 12.0 Å². The van der Waals surface area contributed by atoms with Crippen molar-refractivity contribution in [2.45, 2.75) is 58.2 Å². The maximum Gasteiger partial charge on any atom is 0.130 e. The van der Waals surface area contributed by atoms with Crippen LogP contribution in [0, 0.1) is 5.92 Å². The average Bonchev–Trinajstić information content (AvgIpc) is 2.01. The zero-order chi connectivity index (χ0) is 10.6. The summed E-state index contributed by atoms with van der Waals surface area (Å²) in [5.41, 5.74) is 0. The second kappa shape index (κ2) is 5.47. The topological polar surface area (TPSA) is 49.3 Å². The number of ketones is 1. The third-order valence-corrected chi connectivity index (χ3v) is 2.84. The SMILES string of the molecule is CC(=O)CC1CCCC(NC(C)O)C1. The zero-order valence-corrected chi connectivity index (χ0v) is 9.12. The second-order valence-corrected chi connectivity index (χ2v) is 4.48. The number of nitrogens with one attached hydrogen (secondary N) is 1. The zero-order valence-electron chi connectivity index (χ0n) is 9.12. The van der Waals surface area contributed by atoms with Gasteiger partial charge in [0.15, 0.2) is 0 Å². The van der Waals surface area contributed by atoms with Gasteiger partial charge in [-0.3, -0.25) is 5.32 Å². The van der Waals surface area contributed by atoms with Gasteiger partial charge in [0.25, 0.3) is 0 Å². The Morgan fingerprint density at radius 2 is 2.29 bits per heavy atom. The molecule has 0 saturated heterocycles. The molecule has 1 fully saturated rings. The van der Waals surface area contributed by atoms with Crippen LogP contribution in [0.15, 0.2) is 0 Å². The van der Waals surface area contributed by atoms with Crippen LogP contribution in [0.1, 0.15) is 46.0 Å². The van der Waals surface area contributed by atoms with Crippen LogP contribution in [0.25, 0.3) is 0 Å². The van der Waals surface area contributed by atoms with E-state index in [0.717, 1.165) is 19.3 Å². The average molecular weight is 199 g/mol. The Morgan fingerprint density at radius 3 is 2.86 bits per heavy atom. The quantitative estimate of drug-likeness (QED) is 0.674. The summed E-state index contributed by atoms with van der Waals surface area (Å²) in [6.45, 7) is 3.40. The third-order valence-electron chi connectivity index (χ3n) is 2.84. The van der Waals surface area contributed by atoms with Crippen LogP contribution in [0.2, 0.25) is 0 Å². The number of rotatable bonds is 4. The molecule has 3 nitrogen and oxygen atoms in total. The molecule has 0 amide bonds. The predicted octanol–water partition coefficient (Wildman–Crippen LogP) is 1.45. The van der Waals surface area contributed by atoms with E-state index in [-0.39, 0.29) is 5.78 Å². The summed E-state index contributed by atoms with van der Waals surface area (Å²) in [7, 11) is 0. The largest absolute Gasteiger partial charge is 0.379 e. The van der Waals surface area contributed by atoms with Crippen molar-refractivity contribution in [2.75, 3.05) is 0 Å². The fraction of sp³-hybridized carbons (Fsp3) is 0.909. The molecule has 0 radical (unpaired) electrons. The predicted molar refractivity (Wildman–Crippen MR) is 55.9 cm³/mol. The number of aliphatic hydroxyl groups is 1. The minimum atomic E-state index is -0.434. The van der Waals surface area contributed by atoms with Gasteiger partial charge in [0.2, 0.25) is 0 Å². The summed E-state index contributed by atoms with van der Waals surface area (Å²) >= 11 is 0. The summed E-state index contributed by atoms with van der Waals surface area (Å²) in [6, 6.07) is 0.396. The normalized spacial score (nSPS) is 29.9. The van der Waals surface area contributed by atoms with Crippen LogP contribution in [-0.4, -0.2) is 23.2 Å². The molecule has 1 aliphatic rings. The van der Waals surface area contributed by atoms with E-state index >= 15 is 0 Å². The molecule has 2 N–H and O–H groups in total. The Kier molecular flexibility index (Phi) is 4.55. The van der Waals surface area contributed by atoms with Crippen molar-refractivity contribution < 1.29 is 9.90 Å². The maximum absolute atomic E-state index is 11.0. The van der Waals surface area contributed by atoms with E-state index in [2.05, 4.69) is 5.32 Å². The minimum Gasteiger partial charge on any atom is -0.379 e. The van der Waals surface area contributed by atoms with Crippen molar-refractivity contribution in [3.8, 4) is 0 Å². The van der Waals surface area contributed by atoms with Crippen molar-refractivity contribution in [2.24, 2.45) is 5.92 Å². The van der Waals surface area contributed by atoms with E-state index in [1.807, 2.05) is 0 Å². The summed E-state index contributed by atoms with van der Waals surface area (Å²) < 4.78 is 0. The lowest BCUT2D eigenvalue weighted by atomic mass is 9.83. The molecule has 0 bridgehead atoms. The Hall–Kier alpha value is -0.410. The molecule has 0 spiro atoms. The van der Waals surface area contributed by atoms with E-state index in [0.29, 0.717) is 18.4 Å². The summed E-state index contributed by atoms with van der Waals surface area (Å²) in [5.74, 6) is 0.810. The Morgan fingerprint density at radius 1 is 1.57 bits per heavy atom. The number of carbonyl (C=O) groups excluding carboxylic acids is 1. The molecule has 82 valence electrons. The first-order chi connectivity index (χ1) is 6.58. The highest BCUT2D eigenvalue weighted by atomic mass is 16.3. The van der Waals surface area contributed by atoms with Gasteiger partial charge in [0, 0.05) is 12.5 Å². The highest BCUT2D eigenvalue weighted by molar-refractivity contribution is 5.75. The second-order valence-electron chi connectivity index (χ2n) is 4.48. The standard InChI is InChI=1S/C11H21NO2/c1-8(13)6-10-4-3-5-11(7-10)12-9(2)14/h9-12,14H,3-7H2,1-2H3. The Bertz CT molecular complexity index is 192. The molecule has 1 saturated carbocycles. The highest BCUT2D eigenvalue weighted by Gasteiger charge is 2.23. The Labute approximate surface area is 85.9 Å². The molecule has 14 heavy (non-hydrogen) atoms. The Balaban J connectivity index is 2.32. The van der Waals surface area contributed by atoms with Crippen molar-refractivity contribution in [1.82, 2.24) is 5.32 Å². The van der Waals surface area contributed by atoms with Gasteiger partial charge in [-0.25, -0.2) is 0 Å². The highest BCUT2D eigenvalue weighted by Crippen LogP contribution is 2.27. The molecular formula is C11H21NO2. The summed E-state index contributed by atoms with van der Waals surface area (Å²) in [4.78, 5) is 11.0. The molecule has 0 aromatic rings. The fourth-order valence-corrected chi connectivity index (χ4v) is 2.38. The number of Topliss-reactive ketones (excluding diaryl/α,β-unsaturated/α-hetero) is 1. The monoisotopic (exact) mass is 199 g/mol. The molecule has 3 unspecified atom stereocenters. The molecule has 0 aliphatic heterocycles. The minimum absolute atomic E-state index is 0.285. The molecule has 3 atom stereocenters. The van der Waals surface area contributed by atoms with Crippen LogP contribution in [0.3, 0.4) is 0 Å². The first-order valence-electron chi connectivity index (χ1n) is 5.51. The van der Waals surface area contributed by atoms with Gasteiger partial charge in [-0.05, 0) is 39.0 Å². The lowest BCUT2D eigenvalue weighted by Gasteiger charge is -2.30. The van der Waals surface area contributed by atoms with E-state index < -0.39 is 6.23 Å². The molecule has 1 aliphatic carbocycles. The number of hydrogen-bond acceptors (Lipinski definition) is 3. The van der Waals surface area contributed by atoms with Crippen molar-refractivity contribution >= 4 is 5.78 Å². The van der Waals surface area contributed by atoms with Crippen LogP contribution < -0.4 is 5.32 Å². The smallest absolute Gasteiger partial charge is 0.130 e. The van der Waals surface area contributed by atoms with Gasteiger partial charge in [-0.15, -0.1) is 0 Å². The number of hydrogen-bond donors (Lipinski definition) is 2. The van der Waals surface area contributed by atoms with Crippen molar-refractivity contribution in [1.29, 1.82) is 0 Å². The van der Waals surface area contributed by atoms with Gasteiger partial charge in [-0.1, -0.05) is 6.42 Å². The van der Waals surface area contributed by atoms with Crippen LogP contribution >= 0.6 is 0 Å². The fourth-order valence-electron chi connectivity index (χ4n) is 2.38. The lowest BCUT2D eigenvalue weighted by molar-refractivity contribution is -0.118. The van der Waals surface area contributed by atoms with E-state index in [1.54, 1.807) is 13.8 Å². The van der Waals surface area contributed by atoms with Crippen LogP contribution in [0.4, 0.5) is 0 Å².